The highest BCUT2D eigenvalue weighted by atomic mass is 16.6. The Kier molecular flexibility index (Phi) is 8.39. The summed E-state index contributed by atoms with van der Waals surface area (Å²) in [5.41, 5.74) is 5.61. The van der Waals surface area contributed by atoms with Crippen molar-refractivity contribution in [3.8, 4) is 5.75 Å². The van der Waals surface area contributed by atoms with Crippen LogP contribution in [0.25, 0.3) is 0 Å². The maximum absolute atomic E-state index is 11.6. The Balaban J connectivity index is 1.10. The minimum atomic E-state index is -0.474. The van der Waals surface area contributed by atoms with Crippen LogP contribution in [0.1, 0.15) is 67.2 Å². The van der Waals surface area contributed by atoms with E-state index in [0.29, 0.717) is 12.0 Å². The quantitative estimate of drug-likeness (QED) is 0.168. The predicted octanol–water partition coefficient (Wildman–Crippen LogP) is 6.00. The molecule has 0 N–H and O–H groups in total. The van der Waals surface area contributed by atoms with E-state index in [-0.39, 0.29) is 0 Å². The van der Waals surface area contributed by atoms with Crippen LogP contribution in [0.3, 0.4) is 0 Å². The van der Waals surface area contributed by atoms with Gasteiger partial charge >= 0.3 is 0 Å². The van der Waals surface area contributed by atoms with Crippen LogP contribution in [0.5, 0.6) is 5.75 Å². The summed E-state index contributed by atoms with van der Waals surface area (Å²) < 4.78 is 6.00. The Labute approximate surface area is 204 Å². The molecule has 182 valence electrons. The summed E-state index contributed by atoms with van der Waals surface area (Å²) in [6, 6.07) is 14.5. The summed E-state index contributed by atoms with van der Waals surface area (Å²) in [7, 11) is 0. The summed E-state index contributed by atoms with van der Waals surface area (Å²) >= 11 is 0. The number of hydrogen-bond acceptors (Lipinski definition) is 5. The van der Waals surface area contributed by atoms with Gasteiger partial charge in [-0.1, -0.05) is 35.5 Å². The molecule has 0 bridgehead atoms. The van der Waals surface area contributed by atoms with Crippen LogP contribution in [0, 0.1) is 19.3 Å². The van der Waals surface area contributed by atoms with Gasteiger partial charge in [0.25, 0.3) is 0 Å². The number of benzene rings is 2. The minimum absolute atomic E-state index is 0.474. The van der Waals surface area contributed by atoms with Crippen LogP contribution in [-0.4, -0.2) is 36.7 Å². The number of aldehydes is 1. The third-order valence-corrected chi connectivity index (χ3v) is 7.47. The van der Waals surface area contributed by atoms with E-state index >= 15 is 0 Å². The van der Waals surface area contributed by atoms with Crippen LogP contribution in [-0.2, 0) is 22.7 Å². The third-order valence-electron chi connectivity index (χ3n) is 7.47. The van der Waals surface area contributed by atoms with E-state index in [2.05, 4.69) is 54.2 Å². The highest BCUT2D eigenvalue weighted by molar-refractivity contribution is 5.56. The van der Waals surface area contributed by atoms with Gasteiger partial charge in [-0.25, -0.2) is 0 Å². The fraction of sp³-hybridized carbons (Fsp3) is 0.517. The molecule has 1 atom stereocenters. The second-order valence-electron chi connectivity index (χ2n) is 10.1. The van der Waals surface area contributed by atoms with Gasteiger partial charge in [0.1, 0.15) is 12.4 Å². The van der Waals surface area contributed by atoms with E-state index in [1.807, 2.05) is 18.3 Å². The van der Waals surface area contributed by atoms with Crippen molar-refractivity contribution < 1.29 is 14.4 Å². The van der Waals surface area contributed by atoms with E-state index in [9.17, 15) is 4.79 Å². The molecule has 1 spiro atoms. The van der Waals surface area contributed by atoms with Crippen molar-refractivity contribution in [2.45, 2.75) is 78.0 Å². The molecule has 2 aromatic rings. The van der Waals surface area contributed by atoms with Gasteiger partial charge in [-0.3, -0.25) is 9.69 Å². The average Bonchev–Trinajstić information content (AvgIpc) is 3.61. The second-order valence-corrected chi connectivity index (χ2v) is 10.1. The van der Waals surface area contributed by atoms with Crippen LogP contribution in [0.4, 0.5) is 0 Å². The normalized spacial score (nSPS) is 18.2. The zero-order valence-electron chi connectivity index (χ0n) is 20.7. The fourth-order valence-corrected chi connectivity index (χ4v) is 4.67. The first kappa shape index (κ1) is 24.5. The van der Waals surface area contributed by atoms with Crippen LogP contribution < -0.4 is 4.74 Å². The molecule has 1 saturated carbocycles. The number of unbranched alkanes of at least 4 members (excludes halogenated alkanes) is 2. The number of aryl methyl sites for hydroxylation is 3. The summed E-state index contributed by atoms with van der Waals surface area (Å²) in [5.74, 6) is 0.764. The molecule has 0 aromatic heterocycles. The number of likely N-dealkylation sites (tertiary alicyclic amines) is 1. The van der Waals surface area contributed by atoms with Crippen molar-refractivity contribution in [1.82, 2.24) is 4.90 Å². The number of rotatable bonds is 12. The van der Waals surface area contributed by atoms with E-state index in [4.69, 9.17) is 9.57 Å². The number of carbonyl (C=O) groups excluding carboxylic acids is 1. The van der Waals surface area contributed by atoms with Gasteiger partial charge in [0, 0.05) is 19.3 Å². The first-order valence-corrected chi connectivity index (χ1v) is 12.7. The largest absolute Gasteiger partial charge is 0.468 e. The van der Waals surface area contributed by atoms with Crippen LogP contribution in [0.15, 0.2) is 47.6 Å². The molecule has 1 saturated heterocycles. The van der Waals surface area contributed by atoms with E-state index in [1.54, 1.807) is 0 Å². The van der Waals surface area contributed by atoms with Gasteiger partial charge in [-0.2, -0.15) is 0 Å². The summed E-state index contributed by atoms with van der Waals surface area (Å²) in [6.45, 7) is 6.66. The lowest BCUT2D eigenvalue weighted by atomic mass is 9.94. The molecule has 5 nitrogen and oxygen atoms in total. The smallest absolute Gasteiger partial charge is 0.209 e. The number of nitrogens with zero attached hydrogens (tertiary/aromatic N) is 2. The first-order valence-electron chi connectivity index (χ1n) is 12.7. The topological polar surface area (TPSA) is 51.1 Å². The van der Waals surface area contributed by atoms with Gasteiger partial charge in [-0.05, 0) is 105 Å². The van der Waals surface area contributed by atoms with Crippen molar-refractivity contribution in [1.29, 1.82) is 0 Å². The number of ether oxygens (including phenoxy) is 1. The Hall–Kier alpha value is -2.66. The molecule has 1 heterocycles. The SMILES string of the molecule is Cc1ccc(CON=CCCCCc2ccc(OC(C=O)N3CCC4(CC3)CC4)cc2)cc1C. The molecule has 1 unspecified atom stereocenters. The van der Waals surface area contributed by atoms with Crippen LogP contribution in [0.2, 0.25) is 0 Å². The Morgan fingerprint density at radius 2 is 1.71 bits per heavy atom. The Morgan fingerprint density at radius 1 is 0.971 bits per heavy atom. The number of carbonyl (C=O) groups is 1. The summed E-state index contributed by atoms with van der Waals surface area (Å²) in [4.78, 5) is 19.2. The summed E-state index contributed by atoms with van der Waals surface area (Å²) in [6.07, 6.45) is 11.5. The predicted molar refractivity (Wildman–Crippen MR) is 136 cm³/mol. The first-order chi connectivity index (χ1) is 16.6. The number of piperidine rings is 1. The van der Waals surface area contributed by atoms with Crippen molar-refractivity contribution in [3.63, 3.8) is 0 Å². The minimum Gasteiger partial charge on any atom is -0.468 e. The zero-order chi connectivity index (χ0) is 23.8. The van der Waals surface area contributed by atoms with E-state index < -0.39 is 6.23 Å². The standard InChI is InChI=1S/C29H38N2O3/c1-23-7-8-26(20-24(23)2)22-33-30-17-5-3-4-6-25-9-11-27(12-10-25)34-28(21-32)31-18-15-29(13-14-29)16-19-31/h7-12,17,20-21,28H,3-6,13-16,18-19,22H2,1-2H3. The van der Waals surface area contributed by atoms with Gasteiger partial charge < -0.3 is 9.57 Å². The fourth-order valence-electron chi connectivity index (χ4n) is 4.67. The lowest BCUT2D eigenvalue weighted by Crippen LogP contribution is -2.45. The zero-order valence-corrected chi connectivity index (χ0v) is 20.7. The molecule has 1 aliphatic carbocycles. The van der Waals surface area contributed by atoms with Gasteiger partial charge in [0.2, 0.25) is 6.23 Å². The molecule has 2 aliphatic rings. The lowest BCUT2D eigenvalue weighted by Gasteiger charge is -2.35. The molecule has 2 fully saturated rings. The van der Waals surface area contributed by atoms with E-state index in [0.717, 1.165) is 56.4 Å². The average molecular weight is 463 g/mol. The van der Waals surface area contributed by atoms with Gasteiger partial charge in [-0.15, -0.1) is 0 Å². The van der Waals surface area contributed by atoms with Crippen molar-refractivity contribution in [2.24, 2.45) is 10.6 Å². The molecule has 5 heteroatoms. The van der Waals surface area contributed by atoms with Crippen molar-refractivity contribution in [2.75, 3.05) is 13.1 Å². The monoisotopic (exact) mass is 462 g/mol. The second kappa shape index (κ2) is 11.7. The highest BCUT2D eigenvalue weighted by Gasteiger charge is 2.45. The maximum Gasteiger partial charge on any atom is 0.209 e. The number of hydrogen-bond donors (Lipinski definition) is 0. The molecular weight excluding hydrogens is 424 g/mol. The molecule has 4 rings (SSSR count). The van der Waals surface area contributed by atoms with E-state index in [1.165, 1.54) is 42.4 Å². The third kappa shape index (κ3) is 6.92. The van der Waals surface area contributed by atoms with Gasteiger partial charge in [0.15, 0.2) is 6.29 Å². The lowest BCUT2D eigenvalue weighted by molar-refractivity contribution is -0.123. The molecular formula is C29H38N2O3. The van der Waals surface area contributed by atoms with Gasteiger partial charge in [0.05, 0.1) is 0 Å². The molecule has 0 amide bonds. The molecule has 2 aromatic carbocycles. The van der Waals surface area contributed by atoms with Crippen LogP contribution >= 0.6 is 0 Å². The van der Waals surface area contributed by atoms with Crippen molar-refractivity contribution in [3.05, 3.63) is 64.7 Å². The van der Waals surface area contributed by atoms with Crippen molar-refractivity contribution >= 4 is 12.5 Å². The number of oxime groups is 1. The Morgan fingerprint density at radius 3 is 2.38 bits per heavy atom. The highest BCUT2D eigenvalue weighted by Crippen LogP contribution is 2.53. The molecule has 34 heavy (non-hydrogen) atoms. The maximum atomic E-state index is 11.6. The molecule has 0 radical (unpaired) electrons. The summed E-state index contributed by atoms with van der Waals surface area (Å²) in [5, 5.41) is 4.09. The molecule has 1 aliphatic heterocycles. The Bertz CT molecular complexity index is 956.